The summed E-state index contributed by atoms with van der Waals surface area (Å²) in [4.78, 5) is 0. The molecule has 8 rings (SSSR count). The van der Waals surface area contributed by atoms with E-state index < -0.39 is 7.12 Å². The van der Waals surface area contributed by atoms with Gasteiger partial charge in [-0.3, -0.25) is 0 Å². The summed E-state index contributed by atoms with van der Waals surface area (Å²) in [5.74, 6) is 0. The van der Waals surface area contributed by atoms with Crippen molar-refractivity contribution in [2.24, 2.45) is 0 Å². The molecule has 0 aliphatic heterocycles. The molecule has 8 heteroatoms. The van der Waals surface area contributed by atoms with E-state index in [-0.39, 0.29) is 0 Å². The molecule has 8 aromatic carbocycles. The van der Waals surface area contributed by atoms with E-state index in [9.17, 15) is 0 Å². The summed E-state index contributed by atoms with van der Waals surface area (Å²) < 4.78 is 1.19. The fourth-order valence-electron chi connectivity index (χ4n) is 5.71. The maximum Gasteiger partial charge on any atom is 0.488 e. The van der Waals surface area contributed by atoms with E-state index in [0.717, 1.165) is 5.56 Å². The van der Waals surface area contributed by atoms with Gasteiger partial charge in [-0.05, 0) is 124 Å². The molecule has 0 saturated carbocycles. The number of rotatable bonds is 2. The lowest BCUT2D eigenvalue weighted by atomic mass is 9.80. The van der Waals surface area contributed by atoms with Crippen molar-refractivity contribution in [2.75, 3.05) is 0 Å². The Morgan fingerprint density at radius 1 is 0.417 bits per heavy atom. The molecule has 48 heavy (non-hydrogen) atoms. The van der Waals surface area contributed by atoms with Crippen LogP contribution in [0.25, 0.3) is 54.2 Å². The van der Waals surface area contributed by atoms with Gasteiger partial charge >= 0.3 is 7.12 Å². The van der Waals surface area contributed by atoms with Crippen molar-refractivity contribution in [3.05, 3.63) is 170 Å². The lowest BCUT2D eigenvalue weighted by Gasteiger charge is -2.12. The minimum Gasteiger partial charge on any atom is -0.423 e. The lowest BCUT2D eigenvalue weighted by molar-refractivity contribution is 0.426. The van der Waals surface area contributed by atoms with Gasteiger partial charge in [0, 0.05) is 24.6 Å². The predicted octanol–water partition coefficient (Wildman–Crippen LogP) is 12.4. The van der Waals surface area contributed by atoms with Crippen LogP contribution in [0.15, 0.2) is 150 Å². The summed E-state index contributed by atoms with van der Waals surface area (Å²) in [5.41, 5.74) is 2.52. The van der Waals surface area contributed by atoms with Crippen LogP contribution in [-0.4, -0.2) is 17.2 Å². The highest BCUT2D eigenvalue weighted by Crippen LogP contribution is 2.38. The summed E-state index contributed by atoms with van der Waals surface area (Å²) in [6.07, 6.45) is 0. The van der Waals surface area contributed by atoms with Crippen molar-refractivity contribution in [3.63, 3.8) is 0 Å². The number of benzene rings is 8. The van der Waals surface area contributed by atoms with Crippen LogP contribution in [0.5, 0.6) is 0 Å². The van der Waals surface area contributed by atoms with Crippen LogP contribution >= 0.6 is 62.3 Å². The van der Waals surface area contributed by atoms with Crippen LogP contribution in [0.1, 0.15) is 0 Å². The molecule has 0 spiro atoms. The molecule has 0 aliphatic carbocycles. The van der Waals surface area contributed by atoms with Gasteiger partial charge in [0.15, 0.2) is 0 Å². The Bertz CT molecular complexity index is 2270. The van der Waals surface area contributed by atoms with Crippen LogP contribution in [0.3, 0.4) is 0 Å². The standard InChI is InChI=1S/C20H12Cl2.C14H9Br.C6H5BCl2O2/c21-16-10-15(11-17(22)12-16)20-18-7-3-1-5-13(18)9-14-6-2-4-8-19(14)20;15-14-12-7-3-1-5-10(12)9-11-6-2-4-8-13(11)14;8-5-1-4(7(10)11)2-6(9)3-5/h1-12H;1-9H;1-3,10-11H. The van der Waals surface area contributed by atoms with Crippen molar-refractivity contribution < 1.29 is 10.0 Å². The Labute approximate surface area is 307 Å². The Balaban J connectivity index is 0.000000134. The van der Waals surface area contributed by atoms with E-state index >= 15 is 0 Å². The monoisotopic (exact) mass is 768 g/mol. The second-order valence-electron chi connectivity index (χ2n) is 11.1. The van der Waals surface area contributed by atoms with Crippen LogP contribution in [0, 0.1) is 0 Å². The topological polar surface area (TPSA) is 40.5 Å². The van der Waals surface area contributed by atoms with Gasteiger partial charge in [0.1, 0.15) is 0 Å². The van der Waals surface area contributed by atoms with Crippen molar-refractivity contribution >= 4 is 118 Å². The van der Waals surface area contributed by atoms with Crippen LogP contribution < -0.4 is 5.46 Å². The first-order valence-corrected chi connectivity index (χ1v) is 17.2. The van der Waals surface area contributed by atoms with E-state index in [1.165, 1.54) is 71.3 Å². The molecule has 0 bridgehead atoms. The molecule has 0 aliphatic rings. The molecule has 0 atom stereocenters. The van der Waals surface area contributed by atoms with Gasteiger partial charge in [-0.1, -0.05) is 143 Å². The third kappa shape index (κ3) is 7.83. The van der Waals surface area contributed by atoms with Crippen molar-refractivity contribution in [3.8, 4) is 11.1 Å². The molecule has 0 fully saturated rings. The molecule has 8 aromatic rings. The van der Waals surface area contributed by atoms with E-state index in [2.05, 4.69) is 125 Å². The molecule has 0 heterocycles. The van der Waals surface area contributed by atoms with Gasteiger partial charge in [-0.25, -0.2) is 0 Å². The first kappa shape index (κ1) is 34.3. The highest BCUT2D eigenvalue weighted by atomic mass is 79.9. The van der Waals surface area contributed by atoms with E-state index in [0.29, 0.717) is 25.6 Å². The lowest BCUT2D eigenvalue weighted by Crippen LogP contribution is -2.29. The zero-order valence-corrected chi connectivity index (χ0v) is 29.8. The normalized spacial score (nSPS) is 10.8. The van der Waals surface area contributed by atoms with Crippen LogP contribution in [0.2, 0.25) is 20.1 Å². The third-order valence-corrected chi connectivity index (χ3v) is 9.54. The van der Waals surface area contributed by atoms with E-state index in [1.807, 2.05) is 12.1 Å². The Morgan fingerprint density at radius 3 is 1.15 bits per heavy atom. The summed E-state index contributed by atoms with van der Waals surface area (Å²) in [7, 11) is -1.52. The van der Waals surface area contributed by atoms with E-state index in [1.54, 1.807) is 6.07 Å². The SMILES string of the molecule is Brc1c2ccccc2cc2ccccc12.Clc1cc(Cl)cc(-c2c3ccccc3cc3ccccc23)c1.OB(O)c1cc(Cl)cc(Cl)c1. The predicted molar refractivity (Wildman–Crippen MR) is 212 cm³/mol. The largest absolute Gasteiger partial charge is 0.488 e. The summed E-state index contributed by atoms with van der Waals surface area (Å²) in [6.45, 7) is 0. The number of fused-ring (bicyclic) bond motifs is 4. The first-order valence-electron chi connectivity index (χ1n) is 14.9. The van der Waals surface area contributed by atoms with Gasteiger partial charge in [0.05, 0.1) is 0 Å². The molecule has 0 unspecified atom stereocenters. The number of halogens is 5. The zero-order chi connectivity index (χ0) is 33.8. The molecule has 0 saturated heterocycles. The second kappa shape index (κ2) is 15.3. The number of hydrogen-bond donors (Lipinski definition) is 2. The Kier molecular flexibility index (Phi) is 10.9. The van der Waals surface area contributed by atoms with Gasteiger partial charge in [0.25, 0.3) is 0 Å². The molecule has 0 aromatic heterocycles. The average molecular weight is 771 g/mol. The maximum absolute atomic E-state index is 8.71. The first-order chi connectivity index (χ1) is 23.2. The Morgan fingerprint density at radius 2 is 0.750 bits per heavy atom. The van der Waals surface area contributed by atoms with Crippen LogP contribution in [0.4, 0.5) is 0 Å². The summed E-state index contributed by atoms with van der Waals surface area (Å²) in [5, 5.41) is 29.5. The molecular weight excluding hydrogens is 745 g/mol. The second-order valence-corrected chi connectivity index (χ2v) is 13.6. The molecule has 0 amide bonds. The van der Waals surface area contributed by atoms with Gasteiger partial charge < -0.3 is 10.0 Å². The Hall–Kier alpha value is -3.58. The van der Waals surface area contributed by atoms with Gasteiger partial charge in [-0.2, -0.15) is 0 Å². The molecule has 2 nitrogen and oxygen atoms in total. The quantitative estimate of drug-likeness (QED) is 0.136. The molecule has 2 N–H and O–H groups in total. The molecule has 0 radical (unpaired) electrons. The van der Waals surface area contributed by atoms with Gasteiger partial charge in [0.2, 0.25) is 0 Å². The zero-order valence-electron chi connectivity index (χ0n) is 25.2. The minimum atomic E-state index is -1.52. The summed E-state index contributed by atoms with van der Waals surface area (Å²) in [6, 6.07) is 48.3. The third-order valence-electron chi connectivity index (χ3n) is 7.81. The van der Waals surface area contributed by atoms with E-state index in [4.69, 9.17) is 56.5 Å². The fourth-order valence-corrected chi connectivity index (χ4v) is 7.50. The average Bonchev–Trinajstić information content (AvgIpc) is 3.07. The maximum atomic E-state index is 8.71. The number of hydrogen-bond acceptors (Lipinski definition) is 2. The summed E-state index contributed by atoms with van der Waals surface area (Å²) >= 11 is 27.3. The van der Waals surface area contributed by atoms with Crippen LogP contribution in [-0.2, 0) is 0 Å². The molecule has 236 valence electrons. The molecular formula is C40H26BBrCl4O2. The smallest absolute Gasteiger partial charge is 0.423 e. The van der Waals surface area contributed by atoms with Crippen molar-refractivity contribution in [1.82, 2.24) is 0 Å². The minimum absolute atomic E-state index is 0.294. The fraction of sp³-hybridized carbons (Fsp3) is 0. The highest BCUT2D eigenvalue weighted by Gasteiger charge is 2.12. The van der Waals surface area contributed by atoms with Crippen molar-refractivity contribution in [2.45, 2.75) is 0 Å². The highest BCUT2D eigenvalue weighted by molar-refractivity contribution is 9.10. The van der Waals surface area contributed by atoms with Gasteiger partial charge in [-0.15, -0.1) is 0 Å². The van der Waals surface area contributed by atoms with Crippen molar-refractivity contribution in [1.29, 1.82) is 0 Å².